The first-order chi connectivity index (χ1) is 15.2. The van der Waals surface area contributed by atoms with Crippen molar-refractivity contribution in [3.63, 3.8) is 0 Å². The van der Waals surface area contributed by atoms with Crippen LogP contribution < -0.4 is 10.2 Å². The van der Waals surface area contributed by atoms with Crippen molar-refractivity contribution in [1.82, 2.24) is 0 Å². The van der Waals surface area contributed by atoms with Gasteiger partial charge in [0.25, 0.3) is 11.8 Å². The number of anilines is 2. The van der Waals surface area contributed by atoms with Crippen LogP contribution in [0.2, 0.25) is 0 Å². The first-order valence-corrected chi connectivity index (χ1v) is 10.2. The first-order valence-electron chi connectivity index (χ1n) is 10.2. The molecule has 0 atom stereocenters. The third-order valence-corrected chi connectivity index (χ3v) is 5.38. The molecule has 2 amide bonds. The zero-order valence-electron chi connectivity index (χ0n) is 18.2. The Labute approximate surface area is 185 Å². The first kappa shape index (κ1) is 21.4. The van der Waals surface area contributed by atoms with Gasteiger partial charge in [-0.25, -0.2) is 13.7 Å². The van der Waals surface area contributed by atoms with Crippen molar-refractivity contribution < 1.29 is 18.4 Å². The van der Waals surface area contributed by atoms with Gasteiger partial charge in [0, 0.05) is 11.8 Å². The Kier molecular flexibility index (Phi) is 5.38. The van der Waals surface area contributed by atoms with E-state index in [4.69, 9.17) is 0 Å². The lowest BCUT2D eigenvalue weighted by Crippen LogP contribution is -2.33. The fourth-order valence-corrected chi connectivity index (χ4v) is 4.06. The summed E-state index contributed by atoms with van der Waals surface area (Å²) in [5.74, 6) is -3.14. The third kappa shape index (κ3) is 3.80. The number of carbonyl (C=O) groups excluding carboxylic acids is 2. The fraction of sp³-hybridized carbons (Fsp3) is 0.154. The number of hydrogen-bond donors (Lipinski definition) is 1. The zero-order valence-corrected chi connectivity index (χ0v) is 18.2. The van der Waals surface area contributed by atoms with Crippen molar-refractivity contribution in [2.45, 2.75) is 27.7 Å². The molecule has 0 radical (unpaired) electrons. The number of halogens is 2. The van der Waals surface area contributed by atoms with E-state index < -0.39 is 23.4 Å². The normalized spacial score (nSPS) is 13.9. The Morgan fingerprint density at radius 2 is 1.44 bits per heavy atom. The van der Waals surface area contributed by atoms with Gasteiger partial charge in [-0.15, -0.1) is 0 Å². The summed E-state index contributed by atoms with van der Waals surface area (Å²) in [4.78, 5) is 27.6. The molecule has 1 aliphatic rings. The summed E-state index contributed by atoms with van der Waals surface area (Å²) in [6.45, 7) is 7.64. The third-order valence-electron chi connectivity index (χ3n) is 5.38. The number of amides is 2. The topological polar surface area (TPSA) is 49.4 Å². The highest BCUT2D eigenvalue weighted by molar-refractivity contribution is 6.46. The minimum atomic E-state index is -0.987. The molecule has 4 rings (SSSR count). The predicted octanol–water partition coefficient (Wildman–Crippen LogP) is 5.60. The van der Waals surface area contributed by atoms with Gasteiger partial charge in [-0.1, -0.05) is 29.8 Å². The van der Waals surface area contributed by atoms with Crippen LogP contribution in [0.1, 0.15) is 27.8 Å². The van der Waals surface area contributed by atoms with Gasteiger partial charge < -0.3 is 5.32 Å². The average Bonchev–Trinajstić information content (AvgIpc) is 2.92. The number of nitrogens with one attached hydrogen (secondary N) is 1. The lowest BCUT2D eigenvalue weighted by molar-refractivity contribution is -0.120. The molecule has 0 saturated carbocycles. The Morgan fingerprint density at radius 3 is 2.06 bits per heavy atom. The number of aryl methyl sites for hydroxylation is 4. The number of carbonyl (C=O) groups is 2. The molecule has 32 heavy (non-hydrogen) atoms. The summed E-state index contributed by atoms with van der Waals surface area (Å²) in [5.41, 5.74) is 4.91. The van der Waals surface area contributed by atoms with Gasteiger partial charge in [0.15, 0.2) is 0 Å². The summed E-state index contributed by atoms with van der Waals surface area (Å²) in [7, 11) is 0. The molecule has 0 unspecified atom stereocenters. The highest BCUT2D eigenvalue weighted by atomic mass is 19.1. The van der Waals surface area contributed by atoms with Crippen LogP contribution >= 0.6 is 0 Å². The number of benzene rings is 3. The van der Waals surface area contributed by atoms with E-state index >= 15 is 0 Å². The highest BCUT2D eigenvalue weighted by Gasteiger charge is 2.41. The van der Waals surface area contributed by atoms with Crippen molar-refractivity contribution in [2.75, 3.05) is 10.2 Å². The van der Waals surface area contributed by atoms with E-state index in [1.807, 2.05) is 58.0 Å². The summed E-state index contributed by atoms with van der Waals surface area (Å²) in [6.07, 6.45) is 0. The van der Waals surface area contributed by atoms with E-state index in [1.54, 1.807) is 6.07 Å². The summed E-state index contributed by atoms with van der Waals surface area (Å²) in [5, 5.41) is 3.09. The summed E-state index contributed by atoms with van der Waals surface area (Å²) >= 11 is 0. The van der Waals surface area contributed by atoms with Crippen LogP contribution in [0.15, 0.2) is 60.3 Å². The quantitative estimate of drug-likeness (QED) is 0.547. The molecule has 6 heteroatoms. The monoisotopic (exact) mass is 432 g/mol. The fourth-order valence-electron chi connectivity index (χ4n) is 4.06. The average molecular weight is 432 g/mol. The van der Waals surface area contributed by atoms with Crippen molar-refractivity contribution in [2.24, 2.45) is 0 Å². The van der Waals surface area contributed by atoms with Crippen LogP contribution in [0.4, 0.5) is 20.2 Å². The maximum Gasteiger partial charge on any atom is 0.282 e. The molecular weight excluding hydrogens is 410 g/mol. The number of imide groups is 1. The predicted molar refractivity (Wildman–Crippen MR) is 121 cm³/mol. The molecule has 3 aromatic carbocycles. The number of rotatable bonds is 4. The minimum Gasteiger partial charge on any atom is -0.350 e. The van der Waals surface area contributed by atoms with E-state index in [0.29, 0.717) is 17.3 Å². The molecule has 0 bridgehead atoms. The molecule has 4 nitrogen and oxygen atoms in total. The molecule has 0 aliphatic carbocycles. The number of hydrogen-bond acceptors (Lipinski definition) is 3. The van der Waals surface area contributed by atoms with Gasteiger partial charge in [-0.3, -0.25) is 9.59 Å². The van der Waals surface area contributed by atoms with Crippen LogP contribution in [-0.4, -0.2) is 11.8 Å². The van der Waals surface area contributed by atoms with Gasteiger partial charge in [0.1, 0.15) is 17.3 Å². The van der Waals surface area contributed by atoms with Crippen LogP contribution in [0.5, 0.6) is 0 Å². The lowest BCUT2D eigenvalue weighted by atomic mass is 9.97. The van der Waals surface area contributed by atoms with Crippen molar-refractivity contribution in [3.05, 3.63) is 99.7 Å². The van der Waals surface area contributed by atoms with Gasteiger partial charge in [-0.2, -0.15) is 0 Å². The van der Waals surface area contributed by atoms with Crippen LogP contribution in [0, 0.1) is 39.3 Å². The molecular formula is C26H22F2N2O2. The zero-order chi connectivity index (χ0) is 23.2. The Bertz CT molecular complexity index is 1290. The Morgan fingerprint density at radius 1 is 0.750 bits per heavy atom. The molecule has 0 saturated heterocycles. The SMILES string of the molecule is Cc1cc(C)cc(NC2=C(c3ccc(C)cc3C)C(=O)N(c3ccc(F)cc3F)C2=O)c1. The van der Waals surface area contributed by atoms with Gasteiger partial charge >= 0.3 is 0 Å². The minimum absolute atomic E-state index is 0.0516. The van der Waals surface area contributed by atoms with E-state index in [-0.39, 0.29) is 17.0 Å². The lowest BCUT2D eigenvalue weighted by Gasteiger charge is -2.16. The molecule has 0 fully saturated rings. The maximum absolute atomic E-state index is 14.5. The van der Waals surface area contributed by atoms with Gasteiger partial charge in [-0.05, 0) is 74.2 Å². The number of nitrogens with zero attached hydrogens (tertiary/aromatic N) is 1. The second-order valence-electron chi connectivity index (χ2n) is 8.11. The maximum atomic E-state index is 14.5. The summed E-state index contributed by atoms with van der Waals surface area (Å²) in [6, 6.07) is 14.0. The summed E-state index contributed by atoms with van der Waals surface area (Å²) < 4.78 is 28.0. The van der Waals surface area contributed by atoms with Crippen molar-refractivity contribution in [1.29, 1.82) is 0 Å². The van der Waals surface area contributed by atoms with Gasteiger partial charge in [0.2, 0.25) is 0 Å². The molecule has 162 valence electrons. The smallest absolute Gasteiger partial charge is 0.282 e. The molecule has 0 aromatic heterocycles. The van der Waals surface area contributed by atoms with Crippen LogP contribution in [0.3, 0.4) is 0 Å². The molecule has 1 heterocycles. The molecule has 0 spiro atoms. The molecule has 1 aliphatic heterocycles. The molecule has 1 N–H and O–H groups in total. The van der Waals surface area contributed by atoms with E-state index in [1.165, 1.54) is 0 Å². The van der Waals surface area contributed by atoms with Gasteiger partial charge in [0.05, 0.1) is 11.3 Å². The van der Waals surface area contributed by atoms with Crippen LogP contribution in [-0.2, 0) is 9.59 Å². The van der Waals surface area contributed by atoms with E-state index in [9.17, 15) is 18.4 Å². The Balaban J connectivity index is 1.89. The van der Waals surface area contributed by atoms with E-state index in [2.05, 4.69) is 5.32 Å². The largest absolute Gasteiger partial charge is 0.350 e. The second kappa shape index (κ2) is 8.04. The van der Waals surface area contributed by atoms with Crippen LogP contribution in [0.25, 0.3) is 5.57 Å². The van der Waals surface area contributed by atoms with E-state index in [0.717, 1.165) is 39.3 Å². The highest BCUT2D eigenvalue weighted by Crippen LogP contribution is 2.36. The molecule has 3 aromatic rings. The Hall–Kier alpha value is -3.80. The standard InChI is InChI=1S/C26H22F2N2O2/c1-14-5-7-20(17(4)10-14)23-24(29-19-11-15(2)9-16(3)12-19)26(32)30(25(23)31)22-8-6-18(27)13-21(22)28/h5-13,29H,1-4H3. The van der Waals surface area contributed by atoms with Crippen molar-refractivity contribution >= 4 is 28.8 Å². The second-order valence-corrected chi connectivity index (χ2v) is 8.11. The van der Waals surface area contributed by atoms with Crippen molar-refractivity contribution in [3.8, 4) is 0 Å².